The second-order valence-electron chi connectivity index (χ2n) is 2.29. The first kappa shape index (κ1) is 8.01. The van der Waals surface area contributed by atoms with E-state index in [1.165, 1.54) is 6.20 Å². The number of nitrogens with zero attached hydrogens (tertiary/aromatic N) is 1. The maximum Gasteiger partial charge on any atom is 0.150 e. The number of nitrogens with one attached hydrogen (secondary N) is 1. The summed E-state index contributed by atoms with van der Waals surface area (Å²) >= 11 is 8.86. The Morgan fingerprint density at radius 2 is 2.33 bits per heavy atom. The van der Waals surface area contributed by atoms with E-state index in [1.807, 2.05) is 0 Å². The van der Waals surface area contributed by atoms with Gasteiger partial charge in [0.1, 0.15) is 16.6 Å². The van der Waals surface area contributed by atoms with Crippen LogP contribution < -0.4 is 0 Å². The van der Waals surface area contributed by atoms with Gasteiger partial charge in [0.15, 0.2) is 0 Å². The van der Waals surface area contributed by atoms with Crippen LogP contribution in [0.25, 0.3) is 11.0 Å². The normalized spacial score (nSPS) is 10.9. The highest BCUT2D eigenvalue weighted by Crippen LogP contribution is 2.25. The van der Waals surface area contributed by atoms with Crippen molar-refractivity contribution in [3.63, 3.8) is 0 Å². The molecule has 0 aliphatic carbocycles. The topological polar surface area (TPSA) is 28.7 Å². The minimum atomic E-state index is -0.324. The molecule has 0 radical (unpaired) electrons. The molecule has 2 heterocycles. The third-order valence-electron chi connectivity index (χ3n) is 1.53. The van der Waals surface area contributed by atoms with Crippen LogP contribution in [0.15, 0.2) is 16.7 Å². The van der Waals surface area contributed by atoms with Gasteiger partial charge in [-0.2, -0.15) is 0 Å². The third-order valence-corrected chi connectivity index (χ3v) is 2.65. The number of fused-ring (bicyclic) bond motifs is 1. The molecular weight excluding hydrogens is 246 g/mol. The lowest BCUT2D eigenvalue weighted by atomic mass is 10.3. The number of rotatable bonds is 0. The molecule has 1 N–H and O–H groups in total. The number of H-pyrrole nitrogens is 1. The smallest absolute Gasteiger partial charge is 0.150 e. The maximum absolute atomic E-state index is 12.9. The standard InChI is InChI=1S/C7H3BrClFN2/c8-4-1-3-5(10)2-11-7(3)12-6(4)9/h1-2H,(H,11,12). The van der Waals surface area contributed by atoms with Crippen molar-refractivity contribution in [3.05, 3.63) is 27.7 Å². The van der Waals surface area contributed by atoms with Crippen LogP contribution >= 0.6 is 27.5 Å². The van der Waals surface area contributed by atoms with E-state index in [9.17, 15) is 4.39 Å². The predicted molar refractivity (Wildman–Crippen MR) is 48.8 cm³/mol. The van der Waals surface area contributed by atoms with Crippen LogP contribution in [0.5, 0.6) is 0 Å². The van der Waals surface area contributed by atoms with Crippen molar-refractivity contribution in [2.24, 2.45) is 0 Å². The Balaban J connectivity index is 2.87. The summed E-state index contributed by atoms with van der Waals surface area (Å²) in [6, 6.07) is 1.59. The summed E-state index contributed by atoms with van der Waals surface area (Å²) in [6.45, 7) is 0. The zero-order chi connectivity index (χ0) is 8.72. The van der Waals surface area contributed by atoms with Crippen molar-refractivity contribution >= 4 is 38.6 Å². The van der Waals surface area contributed by atoms with E-state index in [0.717, 1.165) is 0 Å². The Kier molecular flexibility index (Phi) is 1.81. The number of hydrogen-bond acceptors (Lipinski definition) is 1. The fourth-order valence-corrected chi connectivity index (χ4v) is 1.42. The van der Waals surface area contributed by atoms with Gasteiger partial charge in [-0.05, 0) is 22.0 Å². The summed E-state index contributed by atoms with van der Waals surface area (Å²) in [4.78, 5) is 6.58. The highest BCUT2D eigenvalue weighted by atomic mass is 79.9. The molecule has 12 heavy (non-hydrogen) atoms. The molecule has 62 valence electrons. The van der Waals surface area contributed by atoms with Crippen molar-refractivity contribution in [2.45, 2.75) is 0 Å². The molecule has 2 aromatic heterocycles. The van der Waals surface area contributed by atoms with Gasteiger partial charge in [0.2, 0.25) is 0 Å². The molecule has 2 nitrogen and oxygen atoms in total. The quantitative estimate of drug-likeness (QED) is 0.714. The molecule has 2 aromatic rings. The maximum atomic E-state index is 12.9. The molecule has 5 heteroatoms. The Morgan fingerprint density at radius 3 is 3.08 bits per heavy atom. The molecule has 0 spiro atoms. The second kappa shape index (κ2) is 2.71. The number of halogens is 3. The van der Waals surface area contributed by atoms with Gasteiger partial charge in [-0.3, -0.25) is 0 Å². The molecule has 0 saturated heterocycles. The van der Waals surface area contributed by atoms with Crippen LogP contribution in [0.2, 0.25) is 5.15 Å². The fraction of sp³-hybridized carbons (Fsp3) is 0. The lowest BCUT2D eigenvalue weighted by Gasteiger charge is -1.94. The van der Waals surface area contributed by atoms with Gasteiger partial charge in [-0.15, -0.1) is 0 Å². The highest BCUT2D eigenvalue weighted by molar-refractivity contribution is 9.10. The molecular formula is C7H3BrClFN2. The van der Waals surface area contributed by atoms with Gasteiger partial charge in [0.25, 0.3) is 0 Å². The summed E-state index contributed by atoms with van der Waals surface area (Å²) in [5.74, 6) is -0.324. The van der Waals surface area contributed by atoms with Crippen molar-refractivity contribution in [3.8, 4) is 0 Å². The zero-order valence-corrected chi connectivity index (χ0v) is 8.08. The van der Waals surface area contributed by atoms with Crippen molar-refractivity contribution in [2.75, 3.05) is 0 Å². The van der Waals surface area contributed by atoms with Crippen LogP contribution in [-0.2, 0) is 0 Å². The monoisotopic (exact) mass is 248 g/mol. The Morgan fingerprint density at radius 1 is 1.58 bits per heavy atom. The van der Waals surface area contributed by atoms with Crippen LogP contribution in [0, 0.1) is 5.82 Å². The molecule has 0 bridgehead atoms. The van der Waals surface area contributed by atoms with E-state index in [1.54, 1.807) is 6.07 Å². The molecule has 0 atom stereocenters. The van der Waals surface area contributed by atoms with E-state index in [-0.39, 0.29) is 5.82 Å². The van der Waals surface area contributed by atoms with Crippen molar-refractivity contribution < 1.29 is 4.39 Å². The van der Waals surface area contributed by atoms with Gasteiger partial charge in [-0.1, -0.05) is 11.6 Å². The number of hydrogen-bond donors (Lipinski definition) is 1. The Bertz CT molecular complexity index is 440. The predicted octanol–water partition coefficient (Wildman–Crippen LogP) is 3.12. The Hall–Kier alpha value is -0.610. The molecule has 0 aliphatic rings. The van der Waals surface area contributed by atoms with Gasteiger partial charge >= 0.3 is 0 Å². The lowest BCUT2D eigenvalue weighted by molar-refractivity contribution is 0.639. The lowest BCUT2D eigenvalue weighted by Crippen LogP contribution is -1.79. The summed E-state index contributed by atoms with van der Waals surface area (Å²) in [7, 11) is 0. The van der Waals surface area contributed by atoms with Crippen LogP contribution in [0.1, 0.15) is 0 Å². The second-order valence-corrected chi connectivity index (χ2v) is 3.51. The highest BCUT2D eigenvalue weighted by Gasteiger charge is 2.07. The van der Waals surface area contributed by atoms with E-state index < -0.39 is 0 Å². The van der Waals surface area contributed by atoms with Crippen LogP contribution in [-0.4, -0.2) is 9.97 Å². The molecule has 0 saturated carbocycles. The van der Waals surface area contributed by atoms with E-state index in [4.69, 9.17) is 11.6 Å². The van der Waals surface area contributed by atoms with Gasteiger partial charge in [0.05, 0.1) is 9.86 Å². The molecule has 0 unspecified atom stereocenters. The van der Waals surface area contributed by atoms with E-state index in [0.29, 0.717) is 20.7 Å². The van der Waals surface area contributed by atoms with Gasteiger partial charge in [0, 0.05) is 6.20 Å². The van der Waals surface area contributed by atoms with Crippen LogP contribution in [0.4, 0.5) is 4.39 Å². The molecule has 0 fully saturated rings. The van der Waals surface area contributed by atoms with E-state index >= 15 is 0 Å². The number of aromatic amines is 1. The summed E-state index contributed by atoms with van der Waals surface area (Å²) in [5, 5.41) is 0.760. The molecule has 0 aromatic carbocycles. The third kappa shape index (κ3) is 1.11. The number of pyridine rings is 1. The summed E-state index contributed by atoms with van der Waals surface area (Å²) in [5.41, 5.74) is 0.459. The number of aromatic nitrogens is 2. The first-order chi connectivity index (χ1) is 5.68. The average Bonchev–Trinajstić information content (AvgIpc) is 2.35. The largest absolute Gasteiger partial charge is 0.343 e. The molecule has 0 amide bonds. The van der Waals surface area contributed by atoms with Gasteiger partial charge < -0.3 is 4.98 Å². The van der Waals surface area contributed by atoms with Gasteiger partial charge in [-0.25, -0.2) is 9.37 Å². The minimum Gasteiger partial charge on any atom is -0.343 e. The average molecular weight is 249 g/mol. The van der Waals surface area contributed by atoms with Crippen molar-refractivity contribution in [1.29, 1.82) is 0 Å². The fourth-order valence-electron chi connectivity index (χ4n) is 0.968. The zero-order valence-electron chi connectivity index (χ0n) is 5.74. The summed E-state index contributed by atoms with van der Waals surface area (Å²) < 4.78 is 13.5. The first-order valence-corrected chi connectivity index (χ1v) is 4.34. The van der Waals surface area contributed by atoms with E-state index in [2.05, 4.69) is 25.9 Å². The molecule has 0 aliphatic heterocycles. The summed E-state index contributed by atoms with van der Waals surface area (Å²) in [6.07, 6.45) is 1.25. The minimum absolute atomic E-state index is 0.323. The Labute approximate surface area is 80.9 Å². The molecule has 2 rings (SSSR count). The SMILES string of the molecule is Fc1c[nH]c2nc(Cl)c(Br)cc12. The van der Waals surface area contributed by atoms with Crippen molar-refractivity contribution in [1.82, 2.24) is 9.97 Å². The van der Waals surface area contributed by atoms with Crippen LogP contribution in [0.3, 0.4) is 0 Å². The first-order valence-electron chi connectivity index (χ1n) is 3.17.